The number of oxime groups is 1. The summed E-state index contributed by atoms with van der Waals surface area (Å²) in [6, 6.07) is 4.66. The molecule has 0 aliphatic heterocycles. The van der Waals surface area contributed by atoms with Crippen LogP contribution in [0.4, 0.5) is 5.69 Å². The summed E-state index contributed by atoms with van der Waals surface area (Å²) < 4.78 is 0. The number of hydrogen-bond acceptors (Lipinski definition) is 5. The monoisotopic (exact) mass is 296 g/mol. The van der Waals surface area contributed by atoms with Gasteiger partial charge in [0.2, 0.25) is 0 Å². The van der Waals surface area contributed by atoms with Crippen LogP contribution in [-0.2, 0) is 0 Å². The Morgan fingerprint density at radius 3 is 2.95 bits per heavy atom. The molecule has 4 N–H and O–H groups in total. The number of aromatic nitrogens is 1. The third-order valence-electron chi connectivity index (χ3n) is 2.27. The molecule has 0 spiro atoms. The molecule has 0 atom stereocenters. The van der Waals surface area contributed by atoms with Gasteiger partial charge in [0.15, 0.2) is 5.84 Å². The molecule has 19 heavy (non-hydrogen) atoms. The zero-order valence-electron chi connectivity index (χ0n) is 9.50. The number of rotatable bonds is 3. The first-order valence-corrected chi connectivity index (χ1v) is 6.35. The lowest BCUT2D eigenvalue weighted by Gasteiger charge is -2.08. The zero-order valence-corrected chi connectivity index (χ0v) is 11.1. The van der Waals surface area contributed by atoms with Gasteiger partial charge in [-0.25, -0.2) is 0 Å². The molecule has 0 saturated heterocycles. The predicted molar refractivity (Wildman–Crippen MR) is 74.0 cm³/mol. The van der Waals surface area contributed by atoms with Crippen molar-refractivity contribution in [1.29, 1.82) is 0 Å². The number of carbonyl (C=O) groups excluding carboxylic acids is 1. The van der Waals surface area contributed by atoms with E-state index in [-0.39, 0.29) is 11.7 Å². The second-order valence-electron chi connectivity index (χ2n) is 3.50. The zero-order chi connectivity index (χ0) is 13.8. The summed E-state index contributed by atoms with van der Waals surface area (Å²) in [4.78, 5) is 16.1. The molecule has 1 aromatic heterocycles. The van der Waals surface area contributed by atoms with Crippen molar-refractivity contribution in [2.45, 2.75) is 0 Å². The lowest BCUT2D eigenvalue weighted by atomic mass is 10.2. The van der Waals surface area contributed by atoms with Gasteiger partial charge in [-0.1, -0.05) is 16.8 Å². The standard InChI is InChI=1S/C11H9ClN4O2S/c12-7-2-1-6(10(13)16-18)3-8(7)15-11(17)9-4-14-5-19-9/h1-5,18H,(H2,13,16)(H,15,17). The molecule has 0 fully saturated rings. The molecular formula is C11H9ClN4O2S. The van der Waals surface area contributed by atoms with Gasteiger partial charge in [-0.3, -0.25) is 9.78 Å². The van der Waals surface area contributed by atoms with E-state index in [1.54, 1.807) is 17.6 Å². The van der Waals surface area contributed by atoms with E-state index < -0.39 is 0 Å². The molecule has 2 aromatic rings. The van der Waals surface area contributed by atoms with Crippen LogP contribution in [0.2, 0.25) is 5.02 Å². The SMILES string of the molecule is N/C(=N/O)c1ccc(Cl)c(NC(=O)c2cncs2)c1. The number of anilines is 1. The van der Waals surface area contributed by atoms with Crippen LogP contribution >= 0.6 is 22.9 Å². The molecule has 0 unspecified atom stereocenters. The Kier molecular flexibility index (Phi) is 3.98. The first-order chi connectivity index (χ1) is 9.11. The summed E-state index contributed by atoms with van der Waals surface area (Å²) in [5.74, 6) is -0.383. The van der Waals surface area contributed by atoms with Crippen molar-refractivity contribution in [2.75, 3.05) is 5.32 Å². The topological polar surface area (TPSA) is 101 Å². The number of hydrogen-bond donors (Lipinski definition) is 3. The van der Waals surface area contributed by atoms with E-state index in [1.807, 2.05) is 0 Å². The number of halogens is 1. The third kappa shape index (κ3) is 3.01. The average Bonchev–Trinajstić information content (AvgIpc) is 2.94. The van der Waals surface area contributed by atoms with Gasteiger partial charge in [0, 0.05) is 5.56 Å². The average molecular weight is 297 g/mol. The van der Waals surface area contributed by atoms with E-state index in [1.165, 1.54) is 23.6 Å². The van der Waals surface area contributed by atoms with Gasteiger partial charge in [-0.05, 0) is 18.2 Å². The molecule has 0 radical (unpaired) electrons. The Bertz CT molecular complexity index is 628. The summed E-state index contributed by atoms with van der Waals surface area (Å²) in [6.07, 6.45) is 1.46. The van der Waals surface area contributed by atoms with Crippen molar-refractivity contribution < 1.29 is 10.0 Å². The van der Waals surface area contributed by atoms with E-state index in [0.717, 1.165) is 0 Å². The maximum absolute atomic E-state index is 11.9. The van der Waals surface area contributed by atoms with Crippen molar-refractivity contribution in [3.05, 3.63) is 45.4 Å². The summed E-state index contributed by atoms with van der Waals surface area (Å²) in [5.41, 5.74) is 7.86. The quantitative estimate of drug-likeness (QED) is 0.349. The van der Waals surface area contributed by atoms with Crippen molar-refractivity contribution in [2.24, 2.45) is 10.9 Å². The summed E-state index contributed by atoms with van der Waals surface area (Å²) in [6.45, 7) is 0. The second kappa shape index (κ2) is 5.68. The number of nitrogens with one attached hydrogen (secondary N) is 1. The molecule has 8 heteroatoms. The molecule has 0 bridgehead atoms. The van der Waals surface area contributed by atoms with Crippen LogP contribution in [0.25, 0.3) is 0 Å². The number of nitrogens with two attached hydrogens (primary N) is 1. The van der Waals surface area contributed by atoms with Gasteiger partial charge >= 0.3 is 0 Å². The Labute approximate surface area is 117 Å². The molecule has 6 nitrogen and oxygen atoms in total. The van der Waals surface area contributed by atoms with E-state index in [2.05, 4.69) is 15.5 Å². The van der Waals surface area contributed by atoms with Crippen LogP contribution < -0.4 is 11.1 Å². The Balaban J connectivity index is 2.27. The minimum Gasteiger partial charge on any atom is -0.409 e. The highest BCUT2D eigenvalue weighted by Crippen LogP contribution is 2.24. The first-order valence-electron chi connectivity index (χ1n) is 5.09. The van der Waals surface area contributed by atoms with Crippen LogP contribution in [0, 0.1) is 0 Å². The maximum Gasteiger partial charge on any atom is 0.267 e. The molecule has 1 heterocycles. The van der Waals surface area contributed by atoms with Crippen LogP contribution in [0.5, 0.6) is 0 Å². The number of benzene rings is 1. The van der Waals surface area contributed by atoms with E-state index in [9.17, 15) is 4.79 Å². The fourth-order valence-corrected chi connectivity index (χ4v) is 2.03. The highest BCUT2D eigenvalue weighted by molar-refractivity contribution is 7.11. The van der Waals surface area contributed by atoms with Gasteiger partial charge in [0.25, 0.3) is 5.91 Å². The van der Waals surface area contributed by atoms with Crippen LogP contribution in [0.1, 0.15) is 15.2 Å². The number of nitrogens with zero attached hydrogens (tertiary/aromatic N) is 2. The Morgan fingerprint density at radius 2 is 2.32 bits per heavy atom. The second-order valence-corrected chi connectivity index (χ2v) is 4.79. The first kappa shape index (κ1) is 13.3. The van der Waals surface area contributed by atoms with Gasteiger partial charge in [-0.15, -0.1) is 11.3 Å². The Morgan fingerprint density at radius 1 is 1.53 bits per heavy atom. The van der Waals surface area contributed by atoms with Crippen molar-refractivity contribution in [1.82, 2.24) is 4.98 Å². The number of amides is 1. The smallest absolute Gasteiger partial charge is 0.267 e. The van der Waals surface area contributed by atoms with E-state index in [0.29, 0.717) is 21.2 Å². The van der Waals surface area contributed by atoms with Crippen LogP contribution in [0.15, 0.2) is 35.1 Å². The molecule has 98 valence electrons. The van der Waals surface area contributed by atoms with Crippen molar-refractivity contribution in [3.63, 3.8) is 0 Å². The van der Waals surface area contributed by atoms with Crippen molar-refractivity contribution in [3.8, 4) is 0 Å². The lowest BCUT2D eigenvalue weighted by Crippen LogP contribution is -2.15. The molecule has 1 aromatic carbocycles. The van der Waals surface area contributed by atoms with Gasteiger partial charge in [-0.2, -0.15) is 0 Å². The highest BCUT2D eigenvalue weighted by atomic mass is 35.5. The summed E-state index contributed by atoms with van der Waals surface area (Å²) in [7, 11) is 0. The normalized spacial score (nSPS) is 11.3. The molecular weight excluding hydrogens is 288 g/mol. The summed E-state index contributed by atoms with van der Waals surface area (Å²) >= 11 is 7.20. The maximum atomic E-state index is 11.9. The highest BCUT2D eigenvalue weighted by Gasteiger charge is 2.11. The minimum absolute atomic E-state index is 0.0649. The van der Waals surface area contributed by atoms with Gasteiger partial charge in [0.1, 0.15) is 4.88 Å². The van der Waals surface area contributed by atoms with E-state index >= 15 is 0 Å². The van der Waals surface area contributed by atoms with Crippen LogP contribution in [-0.4, -0.2) is 21.9 Å². The van der Waals surface area contributed by atoms with Crippen LogP contribution in [0.3, 0.4) is 0 Å². The Hall–Kier alpha value is -2.12. The number of carbonyl (C=O) groups is 1. The molecule has 0 aliphatic rings. The number of thiazole rings is 1. The fourth-order valence-electron chi connectivity index (χ4n) is 1.35. The molecule has 1 amide bonds. The number of amidine groups is 1. The molecule has 0 saturated carbocycles. The largest absolute Gasteiger partial charge is 0.409 e. The fraction of sp³-hybridized carbons (Fsp3) is 0. The van der Waals surface area contributed by atoms with Gasteiger partial charge < -0.3 is 16.3 Å². The lowest BCUT2D eigenvalue weighted by molar-refractivity contribution is 0.103. The minimum atomic E-state index is -0.318. The summed E-state index contributed by atoms with van der Waals surface area (Å²) in [5, 5.41) is 14.5. The van der Waals surface area contributed by atoms with E-state index in [4.69, 9.17) is 22.5 Å². The third-order valence-corrected chi connectivity index (χ3v) is 3.38. The van der Waals surface area contributed by atoms with Crippen molar-refractivity contribution >= 4 is 40.4 Å². The predicted octanol–water partition coefficient (Wildman–Crippen LogP) is 2.14. The molecule has 2 rings (SSSR count). The molecule has 0 aliphatic carbocycles. The van der Waals surface area contributed by atoms with Gasteiger partial charge in [0.05, 0.1) is 22.4 Å².